The van der Waals surface area contributed by atoms with Crippen molar-refractivity contribution in [3.63, 3.8) is 0 Å². The zero-order chi connectivity index (χ0) is 12.8. The van der Waals surface area contributed by atoms with Gasteiger partial charge in [-0.25, -0.2) is 0 Å². The molecule has 0 amide bonds. The molecular weight excluding hydrogens is 242 g/mol. The van der Waals surface area contributed by atoms with E-state index in [9.17, 15) is 0 Å². The second-order valence-corrected chi connectivity index (χ2v) is 5.79. The molecule has 0 saturated heterocycles. The van der Waals surface area contributed by atoms with Crippen LogP contribution in [0.15, 0.2) is 24.3 Å². The summed E-state index contributed by atoms with van der Waals surface area (Å²) in [4.78, 5) is 0. The van der Waals surface area contributed by atoms with Crippen LogP contribution in [0, 0.1) is 0 Å². The fraction of sp³-hybridized carbons (Fsp3) is 0.625. The summed E-state index contributed by atoms with van der Waals surface area (Å²) in [6.45, 7) is 3.37. The van der Waals surface area contributed by atoms with Gasteiger partial charge in [-0.2, -0.15) is 0 Å². The van der Waals surface area contributed by atoms with Crippen LogP contribution in [0.25, 0.3) is 0 Å². The number of hydrogen-bond acceptors (Lipinski definition) is 1. The minimum absolute atomic E-state index is 0.647. The van der Waals surface area contributed by atoms with E-state index < -0.39 is 0 Å². The van der Waals surface area contributed by atoms with Crippen molar-refractivity contribution in [1.29, 1.82) is 0 Å². The molecule has 1 saturated carbocycles. The van der Waals surface area contributed by atoms with E-state index in [-0.39, 0.29) is 0 Å². The molecule has 18 heavy (non-hydrogen) atoms. The zero-order valence-electron chi connectivity index (χ0n) is 11.3. The first-order valence-electron chi connectivity index (χ1n) is 7.30. The van der Waals surface area contributed by atoms with Gasteiger partial charge in [-0.1, -0.05) is 49.9 Å². The van der Waals surface area contributed by atoms with E-state index in [0.717, 1.165) is 11.6 Å². The summed E-state index contributed by atoms with van der Waals surface area (Å²) in [6, 6.07) is 9.11. The summed E-state index contributed by atoms with van der Waals surface area (Å²) in [5.74, 6) is 0.663. The summed E-state index contributed by atoms with van der Waals surface area (Å²) >= 11 is 5.99. The third-order valence-electron chi connectivity index (χ3n) is 3.97. The Morgan fingerprint density at radius 3 is 2.56 bits per heavy atom. The average Bonchev–Trinajstić information content (AvgIpc) is 2.62. The fourth-order valence-electron chi connectivity index (χ4n) is 2.99. The van der Waals surface area contributed by atoms with Crippen molar-refractivity contribution < 1.29 is 0 Å². The molecular formula is C16H24ClN. The number of halogens is 1. The van der Waals surface area contributed by atoms with Crippen LogP contribution in [0.1, 0.15) is 56.9 Å². The maximum Gasteiger partial charge on any atom is 0.0406 e. The predicted molar refractivity (Wildman–Crippen MR) is 79.4 cm³/mol. The molecule has 100 valence electrons. The fourth-order valence-corrected chi connectivity index (χ4v) is 3.12. The van der Waals surface area contributed by atoms with Crippen LogP contribution in [0.3, 0.4) is 0 Å². The van der Waals surface area contributed by atoms with Crippen molar-refractivity contribution in [2.75, 3.05) is 6.54 Å². The van der Waals surface area contributed by atoms with Gasteiger partial charge in [-0.3, -0.25) is 0 Å². The highest BCUT2D eigenvalue weighted by Gasteiger charge is 2.24. The summed E-state index contributed by atoms with van der Waals surface area (Å²) in [7, 11) is 0. The first-order valence-corrected chi connectivity index (χ1v) is 7.68. The van der Waals surface area contributed by atoms with Crippen LogP contribution >= 0.6 is 11.6 Å². The lowest BCUT2D eigenvalue weighted by molar-refractivity contribution is 0.411. The number of hydrogen-bond donors (Lipinski definition) is 1. The van der Waals surface area contributed by atoms with Crippen molar-refractivity contribution in [2.45, 2.75) is 57.4 Å². The van der Waals surface area contributed by atoms with Gasteiger partial charge in [0.25, 0.3) is 0 Å². The Morgan fingerprint density at radius 2 is 1.83 bits per heavy atom. The molecule has 1 fully saturated rings. The van der Waals surface area contributed by atoms with E-state index in [1.54, 1.807) is 0 Å². The number of rotatable bonds is 4. The summed E-state index contributed by atoms with van der Waals surface area (Å²) in [6.07, 6.45) is 7.94. The van der Waals surface area contributed by atoms with Gasteiger partial charge in [0.05, 0.1) is 0 Å². The van der Waals surface area contributed by atoms with Crippen LogP contribution < -0.4 is 5.32 Å². The molecule has 0 heterocycles. The Morgan fingerprint density at radius 1 is 1.11 bits per heavy atom. The first kappa shape index (κ1) is 13.9. The normalized spacial score (nSPS) is 24.8. The van der Waals surface area contributed by atoms with Crippen LogP contribution in [-0.2, 0) is 0 Å². The molecule has 1 aliphatic carbocycles. The molecule has 2 atom stereocenters. The Labute approximate surface area is 116 Å². The van der Waals surface area contributed by atoms with Gasteiger partial charge in [0.2, 0.25) is 0 Å². The molecule has 1 aliphatic rings. The highest BCUT2D eigenvalue weighted by atomic mass is 35.5. The van der Waals surface area contributed by atoms with E-state index in [0.29, 0.717) is 12.0 Å². The van der Waals surface area contributed by atoms with Gasteiger partial charge >= 0.3 is 0 Å². The minimum Gasteiger partial charge on any atom is -0.313 e. The van der Waals surface area contributed by atoms with E-state index >= 15 is 0 Å². The lowest BCUT2D eigenvalue weighted by Gasteiger charge is -2.26. The summed E-state index contributed by atoms with van der Waals surface area (Å²) in [5.41, 5.74) is 1.45. The third kappa shape index (κ3) is 3.73. The molecule has 1 aromatic rings. The van der Waals surface area contributed by atoms with Crippen LogP contribution in [-0.4, -0.2) is 12.6 Å². The maximum atomic E-state index is 5.99. The number of benzene rings is 1. The molecule has 2 rings (SSSR count). The van der Waals surface area contributed by atoms with Gasteiger partial charge in [-0.15, -0.1) is 0 Å². The van der Waals surface area contributed by atoms with Crippen molar-refractivity contribution >= 4 is 11.6 Å². The Kier molecular flexibility index (Phi) is 5.52. The van der Waals surface area contributed by atoms with Crippen molar-refractivity contribution in [3.05, 3.63) is 34.9 Å². The molecule has 0 bridgehead atoms. The summed E-state index contributed by atoms with van der Waals surface area (Å²) < 4.78 is 0. The third-order valence-corrected chi connectivity index (χ3v) is 4.22. The van der Waals surface area contributed by atoms with Crippen LogP contribution in [0.4, 0.5) is 0 Å². The smallest absolute Gasteiger partial charge is 0.0406 e. The average molecular weight is 266 g/mol. The lowest BCUT2D eigenvalue weighted by atomic mass is 9.87. The molecule has 0 radical (unpaired) electrons. The van der Waals surface area contributed by atoms with Crippen molar-refractivity contribution in [1.82, 2.24) is 5.32 Å². The first-order chi connectivity index (χ1) is 8.81. The predicted octanol–water partition coefficient (Wildman–Crippen LogP) is 4.76. The molecule has 0 aliphatic heterocycles. The molecule has 0 spiro atoms. The van der Waals surface area contributed by atoms with Gasteiger partial charge < -0.3 is 5.32 Å². The second-order valence-electron chi connectivity index (χ2n) is 5.36. The Balaban J connectivity index is 2.11. The molecule has 1 aromatic carbocycles. The highest BCUT2D eigenvalue weighted by Crippen LogP contribution is 2.32. The van der Waals surface area contributed by atoms with Gasteiger partial charge in [0, 0.05) is 11.1 Å². The number of nitrogens with one attached hydrogen (secondary N) is 1. The van der Waals surface area contributed by atoms with E-state index in [1.807, 2.05) is 12.1 Å². The Bertz CT molecular complexity index is 347. The lowest BCUT2D eigenvalue weighted by Crippen LogP contribution is -2.34. The van der Waals surface area contributed by atoms with Crippen molar-refractivity contribution in [3.8, 4) is 0 Å². The summed E-state index contributed by atoms with van der Waals surface area (Å²) in [5, 5.41) is 4.58. The Hall–Kier alpha value is -0.530. The molecule has 0 aromatic heterocycles. The molecule has 1 N–H and O–H groups in total. The van der Waals surface area contributed by atoms with Gasteiger partial charge in [0.1, 0.15) is 0 Å². The van der Waals surface area contributed by atoms with Gasteiger partial charge in [-0.05, 0) is 49.4 Å². The minimum atomic E-state index is 0.647. The van der Waals surface area contributed by atoms with Crippen LogP contribution in [0.5, 0.6) is 0 Å². The molecule has 2 heteroatoms. The monoisotopic (exact) mass is 265 g/mol. The zero-order valence-corrected chi connectivity index (χ0v) is 12.0. The molecule has 2 unspecified atom stereocenters. The molecule has 1 nitrogen and oxygen atoms in total. The largest absolute Gasteiger partial charge is 0.313 e. The topological polar surface area (TPSA) is 12.0 Å². The second kappa shape index (κ2) is 7.16. The standard InChI is InChI=1S/C16H24ClN/c1-2-12-18-16-7-5-3-4-6-15(16)13-8-10-14(17)11-9-13/h8-11,15-16,18H,2-7,12H2,1H3. The van der Waals surface area contributed by atoms with Crippen molar-refractivity contribution in [2.24, 2.45) is 0 Å². The van der Waals surface area contributed by atoms with E-state index in [4.69, 9.17) is 11.6 Å². The van der Waals surface area contributed by atoms with E-state index in [1.165, 1.54) is 44.1 Å². The van der Waals surface area contributed by atoms with E-state index in [2.05, 4.69) is 24.4 Å². The van der Waals surface area contributed by atoms with Crippen LogP contribution in [0.2, 0.25) is 5.02 Å². The van der Waals surface area contributed by atoms with Gasteiger partial charge in [0.15, 0.2) is 0 Å². The highest BCUT2D eigenvalue weighted by molar-refractivity contribution is 6.30. The SMILES string of the molecule is CCCNC1CCCCCC1c1ccc(Cl)cc1. The quantitative estimate of drug-likeness (QED) is 0.775. The maximum absolute atomic E-state index is 5.99.